The van der Waals surface area contributed by atoms with E-state index in [1.807, 2.05) is 55.9 Å². The molecule has 0 unspecified atom stereocenters. The molecule has 9 heteroatoms. The molecule has 0 N–H and O–H groups in total. The zero-order valence-corrected chi connectivity index (χ0v) is 18.5. The highest BCUT2D eigenvalue weighted by Crippen LogP contribution is 2.21. The summed E-state index contributed by atoms with van der Waals surface area (Å²) in [6.45, 7) is 6.46. The van der Waals surface area contributed by atoms with Crippen molar-refractivity contribution in [3.8, 4) is 11.4 Å². The van der Waals surface area contributed by atoms with Gasteiger partial charge in [0.1, 0.15) is 0 Å². The Morgan fingerprint density at radius 1 is 1.17 bits per heavy atom. The third-order valence-electron chi connectivity index (χ3n) is 5.07. The molecule has 1 amide bonds. The highest BCUT2D eigenvalue weighted by atomic mass is 35.5. The fraction of sp³-hybridized carbons (Fsp3) is 0.350. The van der Waals surface area contributed by atoms with Crippen molar-refractivity contribution in [2.45, 2.75) is 20.1 Å². The molecular formula is C20H22ClN5OS2. The fourth-order valence-electron chi connectivity index (χ4n) is 3.47. The zero-order valence-electron chi connectivity index (χ0n) is 16.1. The lowest BCUT2D eigenvalue weighted by atomic mass is 10.2. The summed E-state index contributed by atoms with van der Waals surface area (Å²) in [6, 6.07) is 11.5. The number of rotatable bonds is 5. The molecule has 2 aromatic heterocycles. The number of nitrogens with zero attached hydrogens (tertiary/aromatic N) is 5. The third kappa shape index (κ3) is 4.30. The van der Waals surface area contributed by atoms with Gasteiger partial charge in [-0.2, -0.15) is 5.10 Å². The topological polar surface area (TPSA) is 46.3 Å². The van der Waals surface area contributed by atoms with Crippen molar-refractivity contribution in [2.24, 2.45) is 0 Å². The summed E-state index contributed by atoms with van der Waals surface area (Å²) >= 11 is 13.2. The summed E-state index contributed by atoms with van der Waals surface area (Å²) in [5.74, 6) is 0.970. The number of benzene rings is 1. The second kappa shape index (κ2) is 8.79. The van der Waals surface area contributed by atoms with E-state index >= 15 is 0 Å². The van der Waals surface area contributed by atoms with E-state index in [1.54, 1.807) is 0 Å². The van der Waals surface area contributed by atoms with Crippen molar-refractivity contribution in [1.82, 2.24) is 24.1 Å². The van der Waals surface area contributed by atoms with Gasteiger partial charge in [-0.25, -0.2) is 4.68 Å². The molecule has 1 fully saturated rings. The number of thiophene rings is 1. The second-order valence-corrected chi connectivity index (χ2v) is 8.64. The van der Waals surface area contributed by atoms with Gasteiger partial charge in [-0.3, -0.25) is 9.69 Å². The SMILES string of the molecule is CCn1c(-c2ccc(Cl)cc2)nn(CN2CCN(C(=O)c3cccs3)CC2)c1=S. The van der Waals surface area contributed by atoms with Crippen LogP contribution in [0.5, 0.6) is 0 Å². The molecule has 3 heterocycles. The maximum absolute atomic E-state index is 12.5. The van der Waals surface area contributed by atoms with Gasteiger partial charge in [0.05, 0.1) is 11.5 Å². The second-order valence-electron chi connectivity index (χ2n) is 6.89. The molecule has 1 aromatic carbocycles. The lowest BCUT2D eigenvalue weighted by Crippen LogP contribution is -2.48. The molecule has 0 saturated carbocycles. The standard InChI is InChI=1S/C20H22ClN5OS2/c1-2-25-18(15-5-7-16(21)8-6-15)22-26(20(25)28)14-23-9-11-24(12-10-23)19(27)17-4-3-13-29-17/h3-8,13H,2,9-12,14H2,1H3. The first-order valence-corrected chi connectivity index (χ1v) is 11.2. The average molecular weight is 448 g/mol. The van der Waals surface area contributed by atoms with Crippen molar-refractivity contribution in [1.29, 1.82) is 0 Å². The van der Waals surface area contributed by atoms with Crippen molar-refractivity contribution in [3.05, 3.63) is 56.4 Å². The van der Waals surface area contributed by atoms with E-state index in [9.17, 15) is 4.79 Å². The van der Waals surface area contributed by atoms with Crippen LogP contribution < -0.4 is 0 Å². The van der Waals surface area contributed by atoms with E-state index in [0.717, 1.165) is 35.9 Å². The van der Waals surface area contributed by atoms with Gasteiger partial charge in [-0.05, 0) is 54.9 Å². The van der Waals surface area contributed by atoms with Crippen LogP contribution in [0.3, 0.4) is 0 Å². The monoisotopic (exact) mass is 447 g/mol. The third-order valence-corrected chi connectivity index (χ3v) is 6.61. The van der Waals surface area contributed by atoms with Crippen LogP contribution in [-0.2, 0) is 13.2 Å². The molecule has 0 spiro atoms. The van der Waals surface area contributed by atoms with E-state index in [0.29, 0.717) is 29.6 Å². The van der Waals surface area contributed by atoms with E-state index in [-0.39, 0.29) is 5.91 Å². The largest absolute Gasteiger partial charge is 0.335 e. The highest BCUT2D eigenvalue weighted by molar-refractivity contribution is 7.71. The minimum atomic E-state index is 0.122. The molecule has 152 valence electrons. The number of piperazine rings is 1. The predicted molar refractivity (Wildman–Crippen MR) is 119 cm³/mol. The first kappa shape index (κ1) is 20.3. The van der Waals surface area contributed by atoms with Gasteiger partial charge in [-0.1, -0.05) is 17.7 Å². The molecule has 0 atom stereocenters. The van der Waals surface area contributed by atoms with Crippen LogP contribution in [0.15, 0.2) is 41.8 Å². The molecule has 0 radical (unpaired) electrons. The molecule has 0 aliphatic carbocycles. The van der Waals surface area contributed by atoms with Gasteiger partial charge in [0.15, 0.2) is 10.6 Å². The molecule has 1 saturated heterocycles. The van der Waals surface area contributed by atoms with Gasteiger partial charge in [0, 0.05) is 43.3 Å². The molecule has 1 aliphatic rings. The van der Waals surface area contributed by atoms with E-state index in [1.165, 1.54) is 11.3 Å². The summed E-state index contributed by atoms with van der Waals surface area (Å²) in [6.07, 6.45) is 0. The van der Waals surface area contributed by atoms with Crippen LogP contribution in [-0.4, -0.2) is 56.2 Å². The summed E-state index contributed by atoms with van der Waals surface area (Å²) in [5.41, 5.74) is 0.993. The first-order chi connectivity index (χ1) is 14.1. The van der Waals surface area contributed by atoms with Crippen molar-refractivity contribution < 1.29 is 4.79 Å². The molecule has 0 bridgehead atoms. The van der Waals surface area contributed by atoms with Gasteiger partial charge in [-0.15, -0.1) is 11.3 Å². The number of hydrogen-bond acceptors (Lipinski definition) is 5. The number of carbonyl (C=O) groups excluding carboxylic acids is 1. The Morgan fingerprint density at radius 2 is 1.90 bits per heavy atom. The van der Waals surface area contributed by atoms with Crippen molar-refractivity contribution >= 4 is 41.1 Å². The number of hydrogen-bond donors (Lipinski definition) is 0. The molecule has 4 rings (SSSR count). The van der Waals surface area contributed by atoms with Crippen LogP contribution in [0.4, 0.5) is 0 Å². The minimum absolute atomic E-state index is 0.122. The minimum Gasteiger partial charge on any atom is -0.335 e. The van der Waals surface area contributed by atoms with Crippen LogP contribution >= 0.6 is 35.2 Å². The van der Waals surface area contributed by atoms with Crippen LogP contribution in [0.25, 0.3) is 11.4 Å². The van der Waals surface area contributed by atoms with Gasteiger partial charge in [0.25, 0.3) is 5.91 Å². The summed E-state index contributed by atoms with van der Waals surface area (Å²) in [7, 11) is 0. The highest BCUT2D eigenvalue weighted by Gasteiger charge is 2.23. The molecular weight excluding hydrogens is 426 g/mol. The Labute approximate surface area is 183 Å². The lowest BCUT2D eigenvalue weighted by Gasteiger charge is -2.34. The Bertz CT molecular complexity index is 1030. The molecule has 3 aromatic rings. The number of carbonyl (C=O) groups is 1. The summed E-state index contributed by atoms with van der Waals surface area (Å²) in [4.78, 5) is 17.5. The zero-order chi connectivity index (χ0) is 20.4. The lowest BCUT2D eigenvalue weighted by molar-refractivity contribution is 0.0589. The molecule has 1 aliphatic heterocycles. The number of halogens is 1. The van der Waals surface area contributed by atoms with E-state index in [2.05, 4.69) is 11.8 Å². The van der Waals surface area contributed by atoms with E-state index in [4.69, 9.17) is 28.9 Å². The smallest absolute Gasteiger partial charge is 0.264 e. The quantitative estimate of drug-likeness (QED) is 0.549. The molecule has 6 nitrogen and oxygen atoms in total. The van der Waals surface area contributed by atoms with Gasteiger partial charge in [0.2, 0.25) is 0 Å². The van der Waals surface area contributed by atoms with Gasteiger partial charge < -0.3 is 9.47 Å². The predicted octanol–water partition coefficient (Wildman–Crippen LogP) is 4.23. The fourth-order valence-corrected chi connectivity index (χ4v) is 4.60. The number of amides is 1. The van der Waals surface area contributed by atoms with Crippen LogP contribution in [0.2, 0.25) is 5.02 Å². The average Bonchev–Trinajstić information content (AvgIpc) is 3.37. The normalized spacial score (nSPS) is 15.0. The summed E-state index contributed by atoms with van der Waals surface area (Å²) in [5, 5.41) is 7.42. The van der Waals surface area contributed by atoms with Crippen molar-refractivity contribution in [2.75, 3.05) is 26.2 Å². The Morgan fingerprint density at radius 3 is 2.52 bits per heavy atom. The maximum Gasteiger partial charge on any atom is 0.264 e. The Hall–Kier alpha value is -2.00. The van der Waals surface area contributed by atoms with Crippen LogP contribution in [0, 0.1) is 4.77 Å². The maximum atomic E-state index is 12.5. The van der Waals surface area contributed by atoms with Crippen molar-refractivity contribution in [3.63, 3.8) is 0 Å². The van der Waals surface area contributed by atoms with E-state index < -0.39 is 0 Å². The Kier molecular flexibility index (Phi) is 6.15. The Balaban J connectivity index is 1.46. The first-order valence-electron chi connectivity index (χ1n) is 9.55. The number of aromatic nitrogens is 3. The van der Waals surface area contributed by atoms with Crippen LogP contribution in [0.1, 0.15) is 16.6 Å². The summed E-state index contributed by atoms with van der Waals surface area (Å²) < 4.78 is 4.61. The molecule has 29 heavy (non-hydrogen) atoms. The van der Waals surface area contributed by atoms with Gasteiger partial charge >= 0.3 is 0 Å².